The van der Waals surface area contributed by atoms with Gasteiger partial charge in [0.1, 0.15) is 5.41 Å². The van der Waals surface area contributed by atoms with Crippen LogP contribution in [0.5, 0.6) is 0 Å². The SMILES string of the molecule is CN1C(=O)C2(CN(c3ccccc3)C2)c2c1cnc1ccccc21. The van der Waals surface area contributed by atoms with Crippen molar-refractivity contribution < 1.29 is 4.79 Å². The molecule has 3 heterocycles. The molecule has 1 amide bonds. The minimum absolute atomic E-state index is 0.183. The molecule has 1 saturated heterocycles. The number of aromatic nitrogens is 1. The third-order valence-electron chi connectivity index (χ3n) is 5.35. The van der Waals surface area contributed by atoms with Crippen molar-refractivity contribution in [3.63, 3.8) is 0 Å². The van der Waals surface area contributed by atoms with E-state index in [1.54, 1.807) is 4.90 Å². The minimum atomic E-state index is -0.442. The zero-order valence-corrected chi connectivity index (χ0v) is 13.4. The van der Waals surface area contributed by atoms with Crippen LogP contribution >= 0.6 is 0 Å². The average Bonchev–Trinajstić information content (AvgIpc) is 2.83. The van der Waals surface area contributed by atoms with Gasteiger partial charge in [0, 0.05) is 36.8 Å². The van der Waals surface area contributed by atoms with Gasteiger partial charge in [-0.05, 0) is 18.2 Å². The number of nitrogens with zero attached hydrogens (tertiary/aromatic N) is 3. The van der Waals surface area contributed by atoms with Gasteiger partial charge in [-0.1, -0.05) is 36.4 Å². The highest BCUT2D eigenvalue weighted by atomic mass is 16.2. The molecule has 3 aromatic rings. The van der Waals surface area contributed by atoms with E-state index in [0.717, 1.165) is 35.2 Å². The fourth-order valence-corrected chi connectivity index (χ4v) is 4.15. The molecule has 2 aliphatic heterocycles. The number of anilines is 2. The van der Waals surface area contributed by atoms with Crippen LogP contribution < -0.4 is 9.80 Å². The molecule has 24 heavy (non-hydrogen) atoms. The lowest BCUT2D eigenvalue weighted by molar-refractivity contribution is -0.123. The van der Waals surface area contributed by atoms with Crippen LogP contribution in [0.2, 0.25) is 0 Å². The Morgan fingerprint density at radius 2 is 1.71 bits per heavy atom. The van der Waals surface area contributed by atoms with Crippen molar-refractivity contribution in [2.45, 2.75) is 5.41 Å². The molecule has 0 radical (unpaired) electrons. The maximum Gasteiger partial charge on any atom is 0.241 e. The Morgan fingerprint density at radius 1 is 1.00 bits per heavy atom. The first-order valence-corrected chi connectivity index (χ1v) is 8.17. The van der Waals surface area contributed by atoms with Gasteiger partial charge in [-0.15, -0.1) is 0 Å². The number of pyridine rings is 1. The molecule has 0 atom stereocenters. The fraction of sp³-hybridized carbons (Fsp3) is 0.200. The van der Waals surface area contributed by atoms with Crippen molar-refractivity contribution in [2.75, 3.05) is 29.9 Å². The Morgan fingerprint density at radius 3 is 2.50 bits per heavy atom. The standard InChI is InChI=1S/C20H17N3O/c1-22-17-11-21-16-10-6-5-9-15(16)18(17)20(19(22)24)12-23(13-20)14-7-3-2-4-8-14/h2-11H,12-13H2,1H3. The lowest BCUT2D eigenvalue weighted by Gasteiger charge is -2.48. The van der Waals surface area contributed by atoms with Gasteiger partial charge in [-0.3, -0.25) is 9.78 Å². The van der Waals surface area contributed by atoms with Crippen LogP contribution in [0.3, 0.4) is 0 Å². The van der Waals surface area contributed by atoms with E-state index in [4.69, 9.17) is 0 Å². The molecule has 0 unspecified atom stereocenters. The van der Waals surface area contributed by atoms with E-state index in [1.165, 1.54) is 5.69 Å². The quantitative estimate of drug-likeness (QED) is 0.693. The molecule has 0 aliphatic carbocycles. The molecule has 1 spiro atoms. The van der Waals surface area contributed by atoms with Crippen molar-refractivity contribution in [2.24, 2.45) is 0 Å². The predicted molar refractivity (Wildman–Crippen MR) is 95.5 cm³/mol. The molecule has 0 bridgehead atoms. The monoisotopic (exact) mass is 315 g/mol. The van der Waals surface area contributed by atoms with Gasteiger partial charge in [0.25, 0.3) is 0 Å². The van der Waals surface area contributed by atoms with Crippen LogP contribution in [0.1, 0.15) is 5.56 Å². The molecular weight excluding hydrogens is 298 g/mol. The molecule has 0 saturated carbocycles. The second-order valence-corrected chi connectivity index (χ2v) is 6.67. The van der Waals surface area contributed by atoms with Crippen molar-refractivity contribution in [3.05, 3.63) is 66.4 Å². The minimum Gasteiger partial charge on any atom is -0.369 e. The summed E-state index contributed by atoms with van der Waals surface area (Å²) in [6, 6.07) is 18.4. The zero-order valence-electron chi connectivity index (χ0n) is 13.4. The molecule has 2 aliphatic rings. The normalized spacial score (nSPS) is 18.1. The van der Waals surface area contributed by atoms with Gasteiger partial charge in [-0.2, -0.15) is 0 Å². The summed E-state index contributed by atoms with van der Waals surface area (Å²) in [5, 5.41) is 1.10. The van der Waals surface area contributed by atoms with E-state index in [9.17, 15) is 4.79 Å². The largest absolute Gasteiger partial charge is 0.369 e. The van der Waals surface area contributed by atoms with Crippen molar-refractivity contribution in [1.82, 2.24) is 4.98 Å². The summed E-state index contributed by atoms with van der Waals surface area (Å²) in [6.45, 7) is 1.45. The Bertz CT molecular complexity index is 961. The Kier molecular flexibility index (Phi) is 2.58. The molecule has 1 fully saturated rings. The van der Waals surface area contributed by atoms with Gasteiger partial charge in [0.15, 0.2) is 0 Å². The topological polar surface area (TPSA) is 36.4 Å². The Hall–Kier alpha value is -2.88. The summed E-state index contributed by atoms with van der Waals surface area (Å²) >= 11 is 0. The second kappa shape index (κ2) is 4.57. The van der Waals surface area contributed by atoms with E-state index in [2.05, 4.69) is 28.1 Å². The Labute approximate surface area is 140 Å². The number of hydrogen-bond acceptors (Lipinski definition) is 3. The summed E-state index contributed by atoms with van der Waals surface area (Å²) in [6.07, 6.45) is 1.84. The number of carbonyl (C=O) groups is 1. The first-order valence-electron chi connectivity index (χ1n) is 8.17. The van der Waals surface area contributed by atoms with Gasteiger partial charge in [0.05, 0.1) is 17.4 Å². The molecule has 4 heteroatoms. The fourth-order valence-electron chi connectivity index (χ4n) is 4.15. The summed E-state index contributed by atoms with van der Waals surface area (Å²) in [7, 11) is 1.86. The number of amides is 1. The number of para-hydroxylation sites is 2. The third-order valence-corrected chi connectivity index (χ3v) is 5.35. The van der Waals surface area contributed by atoms with E-state index >= 15 is 0 Å². The zero-order chi connectivity index (χ0) is 16.3. The summed E-state index contributed by atoms with van der Waals surface area (Å²) in [5.74, 6) is 0.183. The summed E-state index contributed by atoms with van der Waals surface area (Å²) in [5.41, 5.74) is 3.78. The van der Waals surface area contributed by atoms with Crippen LogP contribution in [-0.2, 0) is 10.2 Å². The van der Waals surface area contributed by atoms with Crippen LogP contribution in [0.25, 0.3) is 10.9 Å². The smallest absolute Gasteiger partial charge is 0.241 e. The number of hydrogen-bond donors (Lipinski definition) is 0. The number of benzene rings is 2. The van der Waals surface area contributed by atoms with E-state index in [-0.39, 0.29) is 5.91 Å². The van der Waals surface area contributed by atoms with Crippen LogP contribution in [0.15, 0.2) is 60.8 Å². The first kappa shape index (κ1) is 13.5. The van der Waals surface area contributed by atoms with E-state index in [0.29, 0.717) is 0 Å². The number of fused-ring (bicyclic) bond motifs is 4. The van der Waals surface area contributed by atoms with Gasteiger partial charge < -0.3 is 9.80 Å². The van der Waals surface area contributed by atoms with Crippen molar-refractivity contribution in [3.8, 4) is 0 Å². The molecule has 118 valence electrons. The lowest BCUT2D eigenvalue weighted by atomic mass is 9.73. The number of likely N-dealkylation sites (N-methyl/N-ethyl adjacent to an activating group) is 1. The lowest BCUT2D eigenvalue weighted by Crippen LogP contribution is -2.64. The maximum absolute atomic E-state index is 13.1. The molecule has 2 aromatic carbocycles. The average molecular weight is 315 g/mol. The van der Waals surface area contributed by atoms with E-state index < -0.39 is 5.41 Å². The van der Waals surface area contributed by atoms with Crippen LogP contribution in [0, 0.1) is 0 Å². The van der Waals surface area contributed by atoms with Gasteiger partial charge in [-0.25, -0.2) is 0 Å². The maximum atomic E-state index is 13.1. The number of rotatable bonds is 1. The van der Waals surface area contributed by atoms with Gasteiger partial charge in [0.2, 0.25) is 5.91 Å². The van der Waals surface area contributed by atoms with Crippen LogP contribution in [0.4, 0.5) is 11.4 Å². The predicted octanol–water partition coefficient (Wildman–Crippen LogP) is 2.97. The molecular formula is C20H17N3O. The molecule has 0 N–H and O–H groups in total. The second-order valence-electron chi connectivity index (χ2n) is 6.67. The van der Waals surface area contributed by atoms with Gasteiger partial charge >= 0.3 is 0 Å². The summed E-state index contributed by atoms with van der Waals surface area (Å²) in [4.78, 5) is 21.6. The molecule has 5 rings (SSSR count). The highest BCUT2D eigenvalue weighted by Gasteiger charge is 2.58. The molecule has 1 aromatic heterocycles. The third kappa shape index (κ3) is 1.58. The summed E-state index contributed by atoms with van der Waals surface area (Å²) < 4.78 is 0. The van der Waals surface area contributed by atoms with Crippen molar-refractivity contribution in [1.29, 1.82) is 0 Å². The highest BCUT2D eigenvalue weighted by Crippen LogP contribution is 2.50. The van der Waals surface area contributed by atoms with E-state index in [1.807, 2.05) is 49.6 Å². The highest BCUT2D eigenvalue weighted by molar-refractivity contribution is 6.13. The van der Waals surface area contributed by atoms with Crippen molar-refractivity contribution >= 4 is 28.2 Å². The molecule has 4 nitrogen and oxygen atoms in total. The van der Waals surface area contributed by atoms with Crippen LogP contribution in [-0.4, -0.2) is 31.0 Å². The number of carbonyl (C=O) groups excluding carboxylic acids is 1. The Balaban J connectivity index is 1.65. The first-order chi connectivity index (χ1) is 11.7.